The van der Waals surface area contributed by atoms with Crippen LogP contribution in [0.3, 0.4) is 0 Å². The van der Waals surface area contributed by atoms with Gasteiger partial charge in [-0.15, -0.1) is 5.10 Å². The summed E-state index contributed by atoms with van der Waals surface area (Å²) in [6.07, 6.45) is 6.44. The number of ether oxygens (including phenoxy) is 1. The van der Waals surface area contributed by atoms with E-state index >= 15 is 0 Å². The zero-order valence-electron chi connectivity index (χ0n) is 19.7. The SMILES string of the molecule is CC(C)(C)OC(=O)NC1CCC(Nc2cc(NC(=O)Nc3ccccc3)c3nccn3n2)CC1. The summed E-state index contributed by atoms with van der Waals surface area (Å²) in [5.41, 5.74) is 1.29. The Morgan fingerprint density at radius 3 is 2.44 bits per heavy atom. The molecule has 0 radical (unpaired) electrons. The predicted molar refractivity (Wildman–Crippen MR) is 131 cm³/mol. The molecular weight excluding hydrogens is 434 g/mol. The lowest BCUT2D eigenvalue weighted by Gasteiger charge is -2.30. The van der Waals surface area contributed by atoms with Gasteiger partial charge in [0.2, 0.25) is 0 Å². The van der Waals surface area contributed by atoms with Crippen LogP contribution in [0, 0.1) is 0 Å². The molecule has 1 fully saturated rings. The average molecular weight is 466 g/mol. The normalized spacial score (nSPS) is 18.2. The molecule has 180 valence electrons. The Balaban J connectivity index is 1.36. The lowest BCUT2D eigenvalue weighted by molar-refractivity contribution is 0.0492. The molecule has 0 atom stereocenters. The molecule has 1 saturated carbocycles. The number of carbonyl (C=O) groups is 2. The minimum absolute atomic E-state index is 0.0934. The highest BCUT2D eigenvalue weighted by atomic mass is 16.6. The first-order chi connectivity index (χ1) is 16.2. The summed E-state index contributed by atoms with van der Waals surface area (Å²) in [4.78, 5) is 28.9. The number of anilines is 3. The largest absolute Gasteiger partial charge is 0.444 e. The molecule has 0 bridgehead atoms. The van der Waals surface area contributed by atoms with Crippen molar-refractivity contribution in [3.05, 3.63) is 48.8 Å². The van der Waals surface area contributed by atoms with Crippen LogP contribution in [-0.4, -0.2) is 44.4 Å². The smallest absolute Gasteiger partial charge is 0.407 e. The van der Waals surface area contributed by atoms with Gasteiger partial charge in [-0.3, -0.25) is 0 Å². The van der Waals surface area contributed by atoms with Crippen molar-refractivity contribution < 1.29 is 14.3 Å². The molecule has 4 rings (SSSR count). The van der Waals surface area contributed by atoms with Crippen molar-refractivity contribution in [3.63, 3.8) is 0 Å². The number of hydrogen-bond donors (Lipinski definition) is 4. The van der Waals surface area contributed by atoms with Gasteiger partial charge in [-0.1, -0.05) is 18.2 Å². The third-order valence-electron chi connectivity index (χ3n) is 5.44. The van der Waals surface area contributed by atoms with Gasteiger partial charge in [-0.25, -0.2) is 19.1 Å². The van der Waals surface area contributed by atoms with E-state index in [4.69, 9.17) is 4.74 Å². The number of nitrogens with one attached hydrogen (secondary N) is 4. The molecule has 1 aliphatic rings. The molecule has 0 spiro atoms. The fourth-order valence-electron chi connectivity index (χ4n) is 3.95. The number of para-hydroxylation sites is 1. The summed E-state index contributed by atoms with van der Waals surface area (Å²) in [6, 6.07) is 11.0. The van der Waals surface area contributed by atoms with Crippen LogP contribution in [0.1, 0.15) is 46.5 Å². The van der Waals surface area contributed by atoms with Crippen molar-refractivity contribution in [3.8, 4) is 0 Å². The number of hydrogen-bond acceptors (Lipinski definition) is 6. The zero-order valence-corrected chi connectivity index (χ0v) is 19.7. The maximum atomic E-state index is 12.5. The highest BCUT2D eigenvalue weighted by Crippen LogP contribution is 2.25. The molecular formula is C24H31N7O3. The first kappa shape index (κ1) is 23.3. The molecule has 0 aliphatic heterocycles. The lowest BCUT2D eigenvalue weighted by atomic mass is 9.91. The molecule has 0 unspecified atom stereocenters. The molecule has 1 aromatic carbocycles. The van der Waals surface area contributed by atoms with E-state index in [1.165, 1.54) is 0 Å². The lowest BCUT2D eigenvalue weighted by Crippen LogP contribution is -2.42. The predicted octanol–water partition coefficient (Wildman–Crippen LogP) is 4.62. The Morgan fingerprint density at radius 2 is 1.74 bits per heavy atom. The van der Waals surface area contributed by atoms with Crippen molar-refractivity contribution in [2.45, 2.75) is 64.1 Å². The minimum atomic E-state index is -0.510. The Hall–Kier alpha value is -3.82. The number of rotatable bonds is 5. The molecule has 4 N–H and O–H groups in total. The second-order valence-electron chi connectivity index (χ2n) is 9.42. The van der Waals surface area contributed by atoms with E-state index in [0.29, 0.717) is 22.8 Å². The molecule has 2 aromatic heterocycles. The van der Waals surface area contributed by atoms with Gasteiger partial charge in [-0.2, -0.15) is 0 Å². The number of aromatic nitrogens is 3. The van der Waals surface area contributed by atoms with Crippen LogP contribution in [0.5, 0.6) is 0 Å². The summed E-state index contributed by atoms with van der Waals surface area (Å²) < 4.78 is 6.99. The van der Waals surface area contributed by atoms with Gasteiger partial charge < -0.3 is 26.0 Å². The zero-order chi connectivity index (χ0) is 24.1. The van der Waals surface area contributed by atoms with Gasteiger partial charge >= 0.3 is 12.1 Å². The van der Waals surface area contributed by atoms with Crippen LogP contribution >= 0.6 is 0 Å². The monoisotopic (exact) mass is 465 g/mol. The first-order valence-corrected chi connectivity index (χ1v) is 11.5. The van der Waals surface area contributed by atoms with E-state index in [2.05, 4.69) is 31.3 Å². The number of nitrogens with zero attached hydrogens (tertiary/aromatic N) is 3. The van der Waals surface area contributed by atoms with Crippen molar-refractivity contribution in [1.82, 2.24) is 19.9 Å². The second kappa shape index (κ2) is 9.98. The summed E-state index contributed by atoms with van der Waals surface area (Å²) in [5, 5.41) is 16.7. The summed E-state index contributed by atoms with van der Waals surface area (Å²) in [5.74, 6) is 0.643. The Kier molecular flexibility index (Phi) is 6.85. The number of fused-ring (bicyclic) bond motifs is 1. The van der Waals surface area contributed by atoms with Crippen LogP contribution in [0.15, 0.2) is 48.8 Å². The van der Waals surface area contributed by atoms with Gasteiger partial charge in [0.15, 0.2) is 5.65 Å². The summed E-state index contributed by atoms with van der Waals surface area (Å²) in [7, 11) is 0. The standard InChI is InChI=1S/C24H31N7O3/c1-24(2,3)34-23(33)28-18-11-9-17(10-12-18)26-20-15-19(21-25-13-14-31(21)30-20)29-22(32)27-16-7-5-4-6-8-16/h4-8,13-15,17-18H,9-12H2,1-3H3,(H,26,30)(H,28,33)(H2,27,29,32). The van der Waals surface area contributed by atoms with Crippen molar-refractivity contribution in [2.75, 3.05) is 16.0 Å². The van der Waals surface area contributed by atoms with E-state index in [0.717, 1.165) is 25.7 Å². The average Bonchev–Trinajstić information content (AvgIpc) is 3.23. The Morgan fingerprint density at radius 1 is 1.03 bits per heavy atom. The highest BCUT2D eigenvalue weighted by molar-refractivity contribution is 6.02. The van der Waals surface area contributed by atoms with Crippen molar-refractivity contribution in [1.29, 1.82) is 0 Å². The number of amides is 3. The molecule has 10 nitrogen and oxygen atoms in total. The van der Waals surface area contributed by atoms with Gasteiger partial charge in [-0.05, 0) is 58.6 Å². The van der Waals surface area contributed by atoms with Crippen LogP contribution in [0.2, 0.25) is 0 Å². The van der Waals surface area contributed by atoms with E-state index in [9.17, 15) is 9.59 Å². The molecule has 1 aliphatic carbocycles. The topological polar surface area (TPSA) is 122 Å². The number of alkyl carbamates (subject to hydrolysis) is 1. The minimum Gasteiger partial charge on any atom is -0.444 e. The highest BCUT2D eigenvalue weighted by Gasteiger charge is 2.25. The van der Waals surface area contributed by atoms with Crippen LogP contribution in [0.25, 0.3) is 5.65 Å². The summed E-state index contributed by atoms with van der Waals surface area (Å²) >= 11 is 0. The third kappa shape index (κ3) is 6.37. The van der Waals surface area contributed by atoms with Crippen molar-refractivity contribution in [2.24, 2.45) is 0 Å². The third-order valence-corrected chi connectivity index (χ3v) is 5.44. The number of benzene rings is 1. The van der Waals surface area contributed by atoms with E-state index in [1.807, 2.05) is 51.1 Å². The van der Waals surface area contributed by atoms with Gasteiger partial charge in [0.05, 0.1) is 5.69 Å². The van der Waals surface area contributed by atoms with Crippen LogP contribution < -0.4 is 21.3 Å². The molecule has 2 heterocycles. The Labute approximate surface area is 198 Å². The molecule has 3 aromatic rings. The molecule has 10 heteroatoms. The molecule has 0 saturated heterocycles. The van der Waals surface area contributed by atoms with E-state index in [-0.39, 0.29) is 24.2 Å². The van der Waals surface area contributed by atoms with Gasteiger partial charge in [0.25, 0.3) is 0 Å². The van der Waals surface area contributed by atoms with Crippen molar-refractivity contribution >= 4 is 35.0 Å². The maximum Gasteiger partial charge on any atom is 0.407 e. The number of imidazole rings is 1. The quantitative estimate of drug-likeness (QED) is 0.436. The van der Waals surface area contributed by atoms with Gasteiger partial charge in [0.1, 0.15) is 11.4 Å². The van der Waals surface area contributed by atoms with E-state index < -0.39 is 5.60 Å². The van der Waals surface area contributed by atoms with Gasteiger partial charge in [0, 0.05) is 36.2 Å². The summed E-state index contributed by atoms with van der Waals surface area (Å²) in [6.45, 7) is 5.56. The molecule has 34 heavy (non-hydrogen) atoms. The van der Waals surface area contributed by atoms with E-state index in [1.54, 1.807) is 23.0 Å². The number of urea groups is 1. The van der Waals surface area contributed by atoms with Crippen LogP contribution in [0.4, 0.5) is 26.8 Å². The number of carbonyl (C=O) groups excluding carboxylic acids is 2. The first-order valence-electron chi connectivity index (χ1n) is 11.5. The fourth-order valence-corrected chi connectivity index (χ4v) is 3.95. The van der Waals surface area contributed by atoms with Crippen LogP contribution in [-0.2, 0) is 4.74 Å². The molecule has 3 amide bonds. The second-order valence-corrected chi connectivity index (χ2v) is 9.42. The Bertz CT molecular complexity index is 1130. The maximum absolute atomic E-state index is 12.5. The fraction of sp³-hybridized carbons (Fsp3) is 0.417.